The summed E-state index contributed by atoms with van der Waals surface area (Å²) in [6.45, 7) is 62.4. The number of aliphatic hydroxyl groups excluding tert-OH is 3. The summed E-state index contributed by atoms with van der Waals surface area (Å²) in [6, 6.07) is 51.5. The summed E-state index contributed by atoms with van der Waals surface area (Å²) in [5, 5.41) is 36.2. The molecule has 3 aliphatic rings. The Hall–Kier alpha value is -6.87. The molecule has 6 aromatic carbocycles. The van der Waals surface area contributed by atoms with Crippen molar-refractivity contribution >= 4 is 49.7 Å². The van der Waals surface area contributed by atoms with E-state index in [1.807, 2.05) is 143 Å². The van der Waals surface area contributed by atoms with Crippen LogP contribution in [0.2, 0.25) is 0 Å². The fraction of sp³-hybridized carbons (Fsp3) is 0.514. The summed E-state index contributed by atoms with van der Waals surface area (Å²) in [4.78, 5) is 48.8. The van der Waals surface area contributed by atoms with E-state index in [9.17, 15) is 29.7 Å². The van der Waals surface area contributed by atoms with E-state index in [-0.39, 0.29) is 127 Å². The second-order valence-electron chi connectivity index (χ2n) is 44.0. The molecule has 0 saturated heterocycles. The van der Waals surface area contributed by atoms with Crippen molar-refractivity contribution in [2.45, 2.75) is 332 Å². The number of hydrogen-bond acceptors (Lipinski definition) is 9. The molecule has 1 unspecified atom stereocenters. The summed E-state index contributed by atoms with van der Waals surface area (Å²) in [7, 11) is 0. The standard InChI is InChI=1S/C27H32N.C26H30N.C25H28N.3C11H20O2.3Ir/c1-18-12-23(15-25(13-18)27(3,4)5)26-16-22-11-10-21(14-24(22)17-28-26)19(2)20-8-6-7-9-20;1-18-12-22(15-24(13-18)26(2,3)4)25-16-21-11-10-20(14-23(21)17-27-25)19-8-6-5-7-9-19;1-17-11-21(14-23(12-17)25(2,3)4)24-15-20-10-9-19(13-22(20)16-26-24)18-7-5-6-8-18;3*1-10(2,3)8(12)7-9(13)11(4,5)6;;;/h10-11,13-17,19-20H,6-9H2,1-5H3;10-11,13-17,19H,5-9H2,1-4H3;9-10,12-16,18H,5-8H2,1-4H3;3*7,12H,1-6H3;;;/q3*-1;;;;;;. The molecule has 0 amide bonds. The zero-order valence-corrected chi connectivity index (χ0v) is 88.0. The third-order valence-corrected chi connectivity index (χ3v) is 23.5. The first-order valence-corrected chi connectivity index (χ1v) is 44.5. The molecule has 9 nitrogen and oxygen atoms in total. The monoisotopic (exact) mass is 2200 g/mol. The van der Waals surface area contributed by atoms with Gasteiger partial charge in [0.05, 0.1) is 0 Å². The van der Waals surface area contributed by atoms with Gasteiger partial charge in [-0.1, -0.05) is 314 Å². The molecule has 3 aromatic heterocycles. The number of rotatable bonds is 10. The first kappa shape index (κ1) is 108. The Morgan fingerprint density at radius 3 is 0.862 bits per heavy atom. The minimum absolute atomic E-state index is 0. The molecule has 3 fully saturated rings. The van der Waals surface area contributed by atoms with E-state index in [0.29, 0.717) is 5.92 Å². The van der Waals surface area contributed by atoms with Gasteiger partial charge < -0.3 is 30.3 Å². The molecule has 0 aliphatic heterocycles. The van der Waals surface area contributed by atoms with Crippen LogP contribution in [0.5, 0.6) is 0 Å². The number of hydrogen-bond donors (Lipinski definition) is 3. The number of nitrogens with zero attached hydrogens (tertiary/aromatic N) is 3. The van der Waals surface area contributed by atoms with Gasteiger partial charge in [0.2, 0.25) is 0 Å². The molecular formula is C111H150Ir3N3O6-3. The molecule has 3 aliphatic carbocycles. The first-order chi connectivity index (χ1) is 55.3. The van der Waals surface area contributed by atoms with Crippen molar-refractivity contribution in [2.75, 3.05) is 0 Å². The molecule has 675 valence electrons. The zero-order chi connectivity index (χ0) is 89.8. The zero-order valence-electron chi connectivity index (χ0n) is 80.8. The predicted molar refractivity (Wildman–Crippen MR) is 510 cm³/mol. The summed E-state index contributed by atoms with van der Waals surface area (Å²) < 4.78 is 0. The molecule has 123 heavy (non-hydrogen) atoms. The van der Waals surface area contributed by atoms with Crippen LogP contribution in [0.15, 0.2) is 163 Å². The van der Waals surface area contributed by atoms with Crippen molar-refractivity contribution in [3.63, 3.8) is 0 Å². The Balaban J connectivity index is 0.000000319. The van der Waals surface area contributed by atoms with Crippen LogP contribution in [0.1, 0.15) is 345 Å². The van der Waals surface area contributed by atoms with Gasteiger partial charge in [-0.05, 0) is 163 Å². The van der Waals surface area contributed by atoms with E-state index in [2.05, 4.69) is 217 Å². The topological polar surface area (TPSA) is 151 Å². The molecule has 9 aromatic rings. The molecule has 3 heterocycles. The summed E-state index contributed by atoms with van der Waals surface area (Å²) >= 11 is 0. The maximum atomic E-state index is 11.5. The number of aromatic nitrogens is 3. The van der Waals surface area contributed by atoms with Crippen LogP contribution >= 0.6 is 0 Å². The second kappa shape index (κ2) is 44.7. The molecule has 0 spiro atoms. The van der Waals surface area contributed by atoms with Crippen LogP contribution in [0, 0.1) is 77.4 Å². The predicted octanol–water partition coefficient (Wildman–Crippen LogP) is 31.2. The van der Waals surface area contributed by atoms with Crippen molar-refractivity contribution in [3.8, 4) is 33.8 Å². The summed E-state index contributed by atoms with van der Waals surface area (Å²) in [5.74, 6) is 3.29. The Bertz CT molecular complexity index is 4990. The molecular weight excluding hydrogens is 2050 g/mol. The van der Waals surface area contributed by atoms with Crippen molar-refractivity contribution in [3.05, 3.63) is 232 Å². The average Bonchev–Trinajstić information content (AvgIpc) is 1.49. The molecule has 1 atom stereocenters. The maximum absolute atomic E-state index is 11.5. The van der Waals surface area contributed by atoms with Crippen LogP contribution in [0.25, 0.3) is 66.1 Å². The Morgan fingerprint density at radius 1 is 0.333 bits per heavy atom. The van der Waals surface area contributed by atoms with Crippen LogP contribution in [0.4, 0.5) is 0 Å². The Labute approximate surface area is 784 Å². The van der Waals surface area contributed by atoms with Gasteiger partial charge in [0, 0.05) is 130 Å². The molecule has 3 N–H and O–H groups in total. The van der Waals surface area contributed by atoms with E-state index in [1.54, 1.807) is 0 Å². The smallest absolute Gasteiger partial charge is 0.164 e. The largest absolute Gasteiger partial charge is 0.512 e. The maximum Gasteiger partial charge on any atom is 0.164 e. The number of benzene rings is 6. The van der Waals surface area contributed by atoms with Gasteiger partial charge >= 0.3 is 0 Å². The van der Waals surface area contributed by atoms with Gasteiger partial charge in [0.1, 0.15) is 17.3 Å². The van der Waals surface area contributed by atoms with E-state index >= 15 is 0 Å². The molecule has 0 bridgehead atoms. The first-order valence-electron chi connectivity index (χ1n) is 44.5. The third-order valence-electron chi connectivity index (χ3n) is 23.5. The molecule has 12 heteroatoms. The fourth-order valence-electron chi connectivity index (χ4n) is 14.7. The van der Waals surface area contributed by atoms with Crippen LogP contribution in [0.3, 0.4) is 0 Å². The van der Waals surface area contributed by atoms with E-state index in [0.717, 1.165) is 51.5 Å². The number of allylic oxidation sites excluding steroid dienone is 6. The third kappa shape index (κ3) is 33.1. The number of carbonyl (C=O) groups excluding carboxylic acids is 3. The van der Waals surface area contributed by atoms with E-state index in [4.69, 9.17) is 15.0 Å². The normalized spacial score (nSPS) is 15.2. The Kier molecular flexibility index (Phi) is 39.4. The van der Waals surface area contributed by atoms with Crippen molar-refractivity contribution < 1.29 is 90.0 Å². The van der Waals surface area contributed by atoms with E-state index in [1.165, 1.54) is 184 Å². The minimum atomic E-state index is -0.417. The number of fused-ring (bicyclic) bond motifs is 3. The van der Waals surface area contributed by atoms with E-state index < -0.39 is 16.2 Å². The second-order valence-corrected chi connectivity index (χ2v) is 44.0. The number of carbonyl (C=O) groups is 3. The van der Waals surface area contributed by atoms with Crippen molar-refractivity contribution in [1.82, 2.24) is 15.0 Å². The minimum Gasteiger partial charge on any atom is -0.512 e. The van der Waals surface area contributed by atoms with Gasteiger partial charge in [-0.15, -0.1) is 105 Å². The molecule has 12 rings (SSSR count). The fourth-order valence-corrected chi connectivity index (χ4v) is 14.7. The van der Waals surface area contributed by atoms with Gasteiger partial charge in [0.15, 0.2) is 17.3 Å². The quantitative estimate of drug-likeness (QED) is 0.0691. The summed E-state index contributed by atoms with van der Waals surface area (Å²) in [5.41, 5.74) is 16.4. The number of ketones is 3. The van der Waals surface area contributed by atoms with Crippen LogP contribution in [-0.4, -0.2) is 47.6 Å². The molecule has 3 saturated carbocycles. The molecule has 3 radical (unpaired) electrons. The SMILES string of the molecule is CC(C)(C)C(=O)C=C(O)C(C)(C)C.CC(C)(C)C(=O)C=C(O)C(C)(C)C.CC(C)(C)C(=O)C=C(O)C(C)(C)C.Cc1[c-]c(-c2cc3ccc(C(C)C4CCCC4)cc3cn2)cc(C(C)(C)C)c1.Cc1[c-]c(-c2cc3ccc(C4CCCC4)cc3cn2)cc(C(C)(C)C)c1.Cc1[c-]c(-c2cc3ccc(C4CCCCC4)cc3cn2)cc(C(C)(C)C)c1.[Ir].[Ir].[Ir]. The van der Waals surface area contributed by atoms with Gasteiger partial charge in [-0.2, -0.15) is 0 Å². The average molecular weight is 2200 g/mol. The number of pyridine rings is 3. The number of aryl methyl sites for hydroxylation is 3. The van der Waals surface area contributed by atoms with Crippen LogP contribution in [-0.2, 0) is 90.9 Å². The van der Waals surface area contributed by atoms with Gasteiger partial charge in [-0.25, -0.2) is 0 Å². The van der Waals surface area contributed by atoms with Crippen LogP contribution < -0.4 is 0 Å². The van der Waals surface area contributed by atoms with Gasteiger partial charge in [-0.3, -0.25) is 14.4 Å². The van der Waals surface area contributed by atoms with Gasteiger partial charge in [0.25, 0.3) is 0 Å². The van der Waals surface area contributed by atoms with Crippen molar-refractivity contribution in [2.24, 2.45) is 38.4 Å². The van der Waals surface area contributed by atoms with Crippen molar-refractivity contribution in [1.29, 1.82) is 0 Å². The summed E-state index contributed by atoms with van der Waals surface area (Å²) in [6.07, 6.45) is 27.9. The number of aliphatic hydroxyl groups is 3. The Morgan fingerprint density at radius 2 is 0.593 bits per heavy atom.